The van der Waals surface area contributed by atoms with Gasteiger partial charge in [0.2, 0.25) is 0 Å². The van der Waals surface area contributed by atoms with Gasteiger partial charge in [-0.25, -0.2) is 0 Å². The third kappa shape index (κ3) is 3.81. The van der Waals surface area contributed by atoms with Gasteiger partial charge in [0, 0.05) is 39.5 Å². The van der Waals surface area contributed by atoms with Gasteiger partial charge in [-0.1, -0.05) is 5.16 Å². The largest absolute Gasteiger partial charge is 0.375 e. The van der Waals surface area contributed by atoms with Crippen LogP contribution in [0.4, 0.5) is 0 Å². The quantitative estimate of drug-likeness (QED) is 0.756. The molecule has 2 aromatic heterocycles. The monoisotopic (exact) mass is 402 g/mol. The summed E-state index contributed by atoms with van der Waals surface area (Å²) in [4.78, 5) is 21.8. The van der Waals surface area contributed by atoms with Crippen LogP contribution in [0.2, 0.25) is 0 Å². The molecule has 2 fully saturated rings. The molecule has 0 aliphatic carbocycles. The highest BCUT2D eigenvalue weighted by Gasteiger charge is 2.46. The van der Waals surface area contributed by atoms with Crippen LogP contribution in [0.15, 0.2) is 10.7 Å². The van der Waals surface area contributed by atoms with Crippen molar-refractivity contribution in [3.05, 3.63) is 29.2 Å². The van der Waals surface area contributed by atoms with E-state index in [-0.39, 0.29) is 17.4 Å². The summed E-state index contributed by atoms with van der Waals surface area (Å²) in [5.41, 5.74) is 1.73. The maximum Gasteiger partial charge on any atom is 0.257 e. The summed E-state index contributed by atoms with van der Waals surface area (Å²) < 4.78 is 12.2. The molecule has 158 valence electrons. The smallest absolute Gasteiger partial charge is 0.257 e. The lowest BCUT2D eigenvalue weighted by molar-refractivity contribution is 0.0592. The zero-order valence-electron chi connectivity index (χ0n) is 17.7. The molecule has 2 saturated heterocycles. The van der Waals surface area contributed by atoms with Crippen molar-refractivity contribution < 1.29 is 14.1 Å². The number of rotatable bonds is 5. The predicted molar refractivity (Wildman–Crippen MR) is 105 cm³/mol. The van der Waals surface area contributed by atoms with Crippen LogP contribution in [-0.4, -0.2) is 69.4 Å². The molecule has 0 bridgehead atoms. The first-order valence-corrected chi connectivity index (χ1v) is 10.3. The first kappa shape index (κ1) is 20.0. The van der Waals surface area contributed by atoms with Gasteiger partial charge in [0.25, 0.3) is 11.8 Å². The van der Waals surface area contributed by atoms with Crippen molar-refractivity contribution in [1.82, 2.24) is 29.7 Å². The molecule has 1 spiro atoms. The van der Waals surface area contributed by atoms with E-state index in [2.05, 4.69) is 27.2 Å². The van der Waals surface area contributed by atoms with Crippen molar-refractivity contribution in [2.75, 3.05) is 33.8 Å². The molecule has 0 aromatic carbocycles. The van der Waals surface area contributed by atoms with Gasteiger partial charge in [-0.05, 0) is 45.6 Å². The number of hydrogen-bond acceptors (Lipinski definition) is 7. The van der Waals surface area contributed by atoms with Gasteiger partial charge < -0.3 is 14.2 Å². The van der Waals surface area contributed by atoms with Crippen LogP contribution in [0.5, 0.6) is 0 Å². The molecule has 0 N–H and O–H groups in total. The summed E-state index contributed by atoms with van der Waals surface area (Å²) in [7, 11) is 3.73. The van der Waals surface area contributed by atoms with Crippen molar-refractivity contribution in [1.29, 1.82) is 0 Å². The Morgan fingerprint density at radius 3 is 2.79 bits per heavy atom. The lowest BCUT2D eigenvalue weighted by Gasteiger charge is -2.39. The highest BCUT2D eigenvalue weighted by atomic mass is 16.5. The molecule has 29 heavy (non-hydrogen) atoms. The zero-order valence-corrected chi connectivity index (χ0v) is 17.7. The Hall–Kier alpha value is -2.26. The van der Waals surface area contributed by atoms with Crippen molar-refractivity contribution in [2.45, 2.75) is 52.3 Å². The second-order valence-electron chi connectivity index (χ2n) is 8.39. The second-order valence-corrected chi connectivity index (χ2v) is 8.39. The third-order valence-corrected chi connectivity index (χ3v) is 6.40. The molecule has 9 nitrogen and oxygen atoms in total. The van der Waals surface area contributed by atoms with Crippen LogP contribution in [0, 0.1) is 12.3 Å². The average Bonchev–Trinajstić information content (AvgIpc) is 3.40. The topological polar surface area (TPSA) is 89.5 Å². The maximum atomic E-state index is 13.0. The molecular weight excluding hydrogens is 372 g/mol. The molecular formula is C20H30N6O3. The molecule has 1 atom stereocenters. The number of methoxy groups -OCH3 is 1. The molecule has 2 aliphatic rings. The molecule has 1 amide bonds. The summed E-state index contributed by atoms with van der Waals surface area (Å²) in [5.74, 6) is 1.35. The van der Waals surface area contributed by atoms with Crippen LogP contribution in [0.3, 0.4) is 0 Å². The first-order chi connectivity index (χ1) is 13.9. The van der Waals surface area contributed by atoms with Gasteiger partial charge in [0.15, 0.2) is 5.82 Å². The Labute approximate surface area is 171 Å². The van der Waals surface area contributed by atoms with Crippen LogP contribution in [0.1, 0.15) is 60.0 Å². The van der Waals surface area contributed by atoms with E-state index in [4.69, 9.17) is 9.26 Å². The number of piperidine rings is 1. The van der Waals surface area contributed by atoms with E-state index >= 15 is 0 Å². The molecule has 0 radical (unpaired) electrons. The first-order valence-electron chi connectivity index (χ1n) is 10.3. The zero-order chi connectivity index (χ0) is 20.6. The standard InChI is InChI=1S/C20H30N6O3/c1-5-26-11-15(14(2)22-26)19(27)25-8-6-20(7-9-25)10-16(24(3)13-20)18-21-17(12-28-4)29-23-18/h11,16H,5-10,12-13H2,1-4H3. The summed E-state index contributed by atoms with van der Waals surface area (Å²) in [5, 5.41) is 8.58. The van der Waals surface area contributed by atoms with Gasteiger partial charge in [-0.3, -0.25) is 14.4 Å². The lowest BCUT2D eigenvalue weighted by Crippen LogP contribution is -2.44. The molecule has 4 heterocycles. The molecule has 2 aliphatic heterocycles. The highest BCUT2D eigenvalue weighted by molar-refractivity contribution is 5.95. The minimum atomic E-state index is 0.0994. The van der Waals surface area contributed by atoms with E-state index in [1.54, 1.807) is 7.11 Å². The fourth-order valence-electron chi connectivity index (χ4n) is 4.75. The Bertz CT molecular complexity index is 867. The fourth-order valence-corrected chi connectivity index (χ4v) is 4.75. The van der Waals surface area contributed by atoms with Crippen molar-refractivity contribution in [3.63, 3.8) is 0 Å². The third-order valence-electron chi connectivity index (χ3n) is 6.40. The maximum absolute atomic E-state index is 13.0. The summed E-state index contributed by atoms with van der Waals surface area (Å²) in [6.45, 7) is 7.58. The van der Waals surface area contributed by atoms with E-state index in [0.29, 0.717) is 12.5 Å². The Balaban J connectivity index is 1.40. The van der Waals surface area contributed by atoms with Gasteiger partial charge in [0.05, 0.1) is 17.3 Å². The number of amides is 1. The number of aryl methyl sites for hydroxylation is 2. The van der Waals surface area contributed by atoms with E-state index in [9.17, 15) is 4.79 Å². The van der Waals surface area contributed by atoms with Crippen LogP contribution in [-0.2, 0) is 17.9 Å². The van der Waals surface area contributed by atoms with Gasteiger partial charge >= 0.3 is 0 Å². The van der Waals surface area contributed by atoms with E-state index in [1.165, 1.54) is 0 Å². The molecule has 4 rings (SSSR count). The number of carbonyl (C=O) groups is 1. The molecule has 2 aromatic rings. The average molecular weight is 402 g/mol. The Morgan fingerprint density at radius 1 is 1.38 bits per heavy atom. The Kier molecular flexibility index (Phi) is 5.44. The van der Waals surface area contributed by atoms with Crippen LogP contribution in [0.25, 0.3) is 0 Å². The van der Waals surface area contributed by atoms with E-state index in [1.807, 2.05) is 29.6 Å². The van der Waals surface area contributed by atoms with Crippen LogP contribution < -0.4 is 0 Å². The number of carbonyl (C=O) groups excluding carboxylic acids is 1. The number of likely N-dealkylation sites (tertiary alicyclic amines) is 2. The minimum Gasteiger partial charge on any atom is -0.375 e. The highest BCUT2D eigenvalue weighted by Crippen LogP contribution is 2.47. The summed E-state index contributed by atoms with van der Waals surface area (Å²) in [6, 6.07) is 0.150. The van der Waals surface area contributed by atoms with Gasteiger partial charge in [-0.2, -0.15) is 10.1 Å². The van der Waals surface area contributed by atoms with Crippen molar-refractivity contribution in [3.8, 4) is 0 Å². The normalized spacial score (nSPS) is 21.9. The minimum absolute atomic E-state index is 0.0994. The number of aromatic nitrogens is 4. The lowest BCUT2D eigenvalue weighted by atomic mass is 9.76. The van der Waals surface area contributed by atoms with E-state index < -0.39 is 0 Å². The molecule has 1 unspecified atom stereocenters. The van der Waals surface area contributed by atoms with Crippen molar-refractivity contribution >= 4 is 5.91 Å². The number of ether oxygens (including phenoxy) is 1. The molecule has 9 heteroatoms. The fraction of sp³-hybridized carbons (Fsp3) is 0.700. The second kappa shape index (κ2) is 7.87. The molecule has 0 saturated carbocycles. The summed E-state index contributed by atoms with van der Waals surface area (Å²) >= 11 is 0. The SMILES string of the molecule is CCn1cc(C(=O)N2CCC3(CC2)CC(c2noc(COC)n2)N(C)C3)c(C)n1. The van der Waals surface area contributed by atoms with Crippen molar-refractivity contribution in [2.24, 2.45) is 5.41 Å². The number of hydrogen-bond donors (Lipinski definition) is 0. The van der Waals surface area contributed by atoms with Gasteiger partial charge in [-0.15, -0.1) is 0 Å². The number of nitrogens with zero attached hydrogens (tertiary/aromatic N) is 6. The van der Waals surface area contributed by atoms with Gasteiger partial charge in [0.1, 0.15) is 6.61 Å². The van der Waals surface area contributed by atoms with E-state index in [0.717, 1.165) is 62.5 Å². The predicted octanol–water partition coefficient (Wildman–Crippen LogP) is 2.04. The van der Waals surface area contributed by atoms with Crippen LogP contribution >= 0.6 is 0 Å². The Morgan fingerprint density at radius 2 is 2.14 bits per heavy atom. The summed E-state index contributed by atoms with van der Waals surface area (Å²) in [6.07, 6.45) is 4.84.